The summed E-state index contributed by atoms with van der Waals surface area (Å²) in [4.78, 5) is -1.81. The maximum atomic E-state index is 13.9. The molecule has 1 saturated heterocycles. The molecule has 0 N–H and O–H groups in total. The molecule has 1 aromatic rings. The van der Waals surface area contributed by atoms with Crippen molar-refractivity contribution in [1.82, 2.24) is 0 Å². The largest absolute Gasteiger partial charge is 0.393 e. The number of hydrogen-bond acceptors (Lipinski definition) is 2. The second-order valence-electron chi connectivity index (χ2n) is 4.87. The molecule has 0 aliphatic carbocycles. The monoisotopic (exact) mass is 394 g/mol. The van der Waals surface area contributed by atoms with Crippen molar-refractivity contribution in [3.8, 4) is 0 Å². The molecule has 1 fully saturated rings. The van der Waals surface area contributed by atoms with E-state index >= 15 is 0 Å². The predicted octanol–water partition coefficient (Wildman–Crippen LogP) is 5.56. The summed E-state index contributed by atoms with van der Waals surface area (Å²) in [5.74, 6) is -14.4. The zero-order valence-electron chi connectivity index (χ0n) is 11.7. The topological polar surface area (TPSA) is 9.23 Å². The van der Waals surface area contributed by atoms with Gasteiger partial charge in [-0.25, -0.2) is 4.39 Å². The van der Waals surface area contributed by atoms with Crippen LogP contribution in [-0.2, 0) is 9.67 Å². The van der Waals surface area contributed by atoms with Gasteiger partial charge in [-0.15, -0.1) is 11.8 Å². The Bertz CT molecular complexity index is 609. The lowest BCUT2D eigenvalue weighted by molar-refractivity contribution is -0.269. The summed E-state index contributed by atoms with van der Waals surface area (Å²) >= 11 is 4.90. The van der Waals surface area contributed by atoms with Crippen molar-refractivity contribution in [2.24, 2.45) is 0 Å². The van der Waals surface area contributed by atoms with E-state index in [-0.39, 0.29) is 24.0 Å². The third-order valence-corrected chi connectivity index (χ3v) is 4.77. The van der Waals surface area contributed by atoms with Crippen LogP contribution in [0.15, 0.2) is 42.2 Å². The van der Waals surface area contributed by atoms with Gasteiger partial charge in [0, 0.05) is 11.8 Å². The summed E-state index contributed by atoms with van der Waals surface area (Å²) in [5.41, 5.74) is 0.208. The van der Waals surface area contributed by atoms with Crippen LogP contribution in [0.1, 0.15) is 5.56 Å². The first kappa shape index (κ1) is 19.4. The Kier molecular flexibility index (Phi) is 5.19. The molecule has 10 heteroatoms. The first-order valence-electron chi connectivity index (χ1n) is 6.49. The van der Waals surface area contributed by atoms with E-state index in [1.54, 1.807) is 6.07 Å². The molecular formula is C14H10ClF7OS. The van der Waals surface area contributed by atoms with Gasteiger partial charge in [-0.05, 0) is 17.2 Å². The van der Waals surface area contributed by atoms with Crippen molar-refractivity contribution >= 4 is 23.4 Å². The Balaban J connectivity index is 2.47. The zero-order valence-corrected chi connectivity index (χ0v) is 13.3. The summed E-state index contributed by atoms with van der Waals surface area (Å²) in [6, 6.07) is 7.42. The zero-order chi connectivity index (χ0) is 18.2. The highest BCUT2D eigenvalue weighted by atomic mass is 35.5. The number of ether oxygens (including phenoxy) is 1. The van der Waals surface area contributed by atoms with Crippen LogP contribution in [0.3, 0.4) is 0 Å². The van der Waals surface area contributed by atoms with Crippen LogP contribution in [0.2, 0.25) is 0 Å². The second-order valence-corrected chi connectivity index (χ2v) is 6.65. The van der Waals surface area contributed by atoms with Gasteiger partial charge in [0.1, 0.15) is 0 Å². The van der Waals surface area contributed by atoms with E-state index in [9.17, 15) is 30.7 Å². The van der Waals surface area contributed by atoms with Crippen LogP contribution < -0.4 is 0 Å². The van der Waals surface area contributed by atoms with E-state index in [2.05, 4.69) is 11.6 Å². The Hall–Kier alpha value is -0.930. The van der Waals surface area contributed by atoms with Gasteiger partial charge in [0.25, 0.3) is 0 Å². The molecule has 0 aromatic heterocycles. The highest BCUT2D eigenvalue weighted by Gasteiger charge is 2.73. The standard InChI is InChI=1S/C14H10ClF7OS/c15-14(21,22)13(19,20)12(17,18)10(16)8-11(23-6-7-24-11)9-4-2-1-3-5-9/h1-5,8H,6-7H2/b10-8-. The molecule has 1 unspecified atom stereocenters. The quantitative estimate of drug-likeness (QED) is 0.478. The fraction of sp³-hybridized carbons (Fsp3) is 0.429. The molecule has 1 atom stereocenters. The van der Waals surface area contributed by atoms with Crippen LogP contribution >= 0.6 is 23.4 Å². The summed E-state index contributed by atoms with van der Waals surface area (Å²) in [5, 5.41) is -5.63. The van der Waals surface area contributed by atoms with E-state index in [1.807, 2.05) is 0 Å². The highest BCUT2D eigenvalue weighted by Crippen LogP contribution is 2.53. The van der Waals surface area contributed by atoms with Crippen molar-refractivity contribution in [2.75, 3.05) is 12.4 Å². The highest BCUT2D eigenvalue weighted by molar-refractivity contribution is 8.00. The molecule has 1 aliphatic rings. The molecule has 1 heterocycles. The number of hydrogen-bond donors (Lipinski definition) is 0. The third-order valence-electron chi connectivity index (χ3n) is 3.26. The Morgan fingerprint density at radius 2 is 1.71 bits per heavy atom. The minimum Gasteiger partial charge on any atom is -0.355 e. The summed E-state index contributed by atoms with van der Waals surface area (Å²) in [6.45, 7) is 0.0387. The molecule has 1 aromatic carbocycles. The molecule has 134 valence electrons. The van der Waals surface area contributed by atoms with Crippen LogP contribution in [0.4, 0.5) is 30.7 Å². The number of halogens is 8. The minimum atomic E-state index is -6.12. The molecule has 24 heavy (non-hydrogen) atoms. The number of allylic oxidation sites excluding steroid dienone is 1. The molecule has 1 nitrogen and oxygen atoms in total. The SMILES string of the molecule is F/C(=C\C1(c2ccccc2)OCCS1)C(F)(F)C(F)(F)C(F)(F)Cl. The van der Waals surface area contributed by atoms with Crippen LogP contribution in [0.5, 0.6) is 0 Å². The van der Waals surface area contributed by atoms with Gasteiger partial charge in [-0.3, -0.25) is 0 Å². The second kappa shape index (κ2) is 6.42. The minimum absolute atomic E-state index is 0.0387. The lowest BCUT2D eigenvalue weighted by Crippen LogP contribution is -2.52. The van der Waals surface area contributed by atoms with Crippen molar-refractivity contribution in [3.63, 3.8) is 0 Å². The maximum Gasteiger partial charge on any atom is 0.393 e. The molecule has 0 saturated carbocycles. The van der Waals surface area contributed by atoms with Gasteiger partial charge in [0.15, 0.2) is 10.8 Å². The van der Waals surface area contributed by atoms with Crippen LogP contribution in [-0.4, -0.2) is 29.6 Å². The molecule has 0 amide bonds. The van der Waals surface area contributed by atoms with Gasteiger partial charge >= 0.3 is 17.2 Å². The van der Waals surface area contributed by atoms with E-state index in [1.165, 1.54) is 24.3 Å². The molecule has 0 bridgehead atoms. The molecular weight excluding hydrogens is 385 g/mol. The van der Waals surface area contributed by atoms with Crippen LogP contribution in [0.25, 0.3) is 0 Å². The fourth-order valence-corrected chi connectivity index (χ4v) is 3.26. The first-order valence-corrected chi connectivity index (χ1v) is 7.85. The molecule has 2 rings (SSSR count). The number of thioether (sulfide) groups is 1. The van der Waals surface area contributed by atoms with Crippen LogP contribution in [0, 0.1) is 0 Å². The van der Waals surface area contributed by atoms with Crippen molar-refractivity contribution < 1.29 is 35.5 Å². The van der Waals surface area contributed by atoms with Gasteiger partial charge < -0.3 is 4.74 Å². The fourth-order valence-electron chi connectivity index (χ4n) is 2.02. The van der Waals surface area contributed by atoms with Gasteiger partial charge in [-0.1, -0.05) is 30.3 Å². The van der Waals surface area contributed by atoms with Gasteiger partial charge in [0.05, 0.1) is 6.61 Å². The van der Waals surface area contributed by atoms with E-state index in [4.69, 9.17) is 4.74 Å². The van der Waals surface area contributed by atoms with Crippen molar-refractivity contribution in [3.05, 3.63) is 47.8 Å². The van der Waals surface area contributed by atoms with E-state index in [0.717, 1.165) is 11.8 Å². The molecule has 0 radical (unpaired) electrons. The van der Waals surface area contributed by atoms with Crippen molar-refractivity contribution in [2.45, 2.75) is 22.2 Å². The van der Waals surface area contributed by atoms with E-state index in [0.29, 0.717) is 0 Å². The normalized spacial score (nSPS) is 23.6. The van der Waals surface area contributed by atoms with Gasteiger partial charge in [-0.2, -0.15) is 26.3 Å². The van der Waals surface area contributed by atoms with Gasteiger partial charge in [0.2, 0.25) is 0 Å². The molecule has 0 spiro atoms. The first-order chi connectivity index (χ1) is 10.9. The maximum absolute atomic E-state index is 13.9. The lowest BCUT2D eigenvalue weighted by atomic mass is 10.0. The Morgan fingerprint density at radius 1 is 1.12 bits per heavy atom. The van der Waals surface area contributed by atoms with Crippen molar-refractivity contribution in [1.29, 1.82) is 0 Å². The van der Waals surface area contributed by atoms with E-state index < -0.39 is 28.0 Å². The summed E-state index contributed by atoms with van der Waals surface area (Å²) < 4.78 is 98.0. The number of alkyl halides is 7. The number of rotatable bonds is 5. The summed E-state index contributed by atoms with van der Waals surface area (Å²) in [6.07, 6.45) is 0.0938. The smallest absolute Gasteiger partial charge is 0.355 e. The summed E-state index contributed by atoms with van der Waals surface area (Å²) in [7, 11) is 0. The molecule has 1 aliphatic heterocycles. The average Bonchev–Trinajstić information content (AvgIpc) is 2.96. The Labute approximate surface area is 141 Å². The average molecular weight is 395 g/mol. The predicted molar refractivity (Wildman–Crippen MR) is 76.4 cm³/mol. The lowest BCUT2D eigenvalue weighted by Gasteiger charge is -2.30. The Morgan fingerprint density at radius 3 is 2.17 bits per heavy atom. The number of benzene rings is 1. The third kappa shape index (κ3) is 3.25.